The van der Waals surface area contributed by atoms with Crippen LogP contribution in [0.15, 0.2) is 12.4 Å². The number of piperidine rings is 1. The number of amides is 1. The molecule has 0 aliphatic carbocycles. The Labute approximate surface area is 144 Å². The summed E-state index contributed by atoms with van der Waals surface area (Å²) in [5, 5.41) is 11.6. The Morgan fingerprint density at radius 1 is 1.54 bits per heavy atom. The Morgan fingerprint density at radius 3 is 3.12 bits per heavy atom. The fraction of sp³-hybridized carbons (Fsp3) is 0.600. The first-order valence-electron chi connectivity index (χ1n) is 8.08. The van der Waals surface area contributed by atoms with E-state index in [-0.39, 0.29) is 24.7 Å². The quantitative estimate of drug-likeness (QED) is 0.902. The molecule has 2 saturated heterocycles. The highest BCUT2D eigenvalue weighted by molar-refractivity contribution is 6.30. The first kappa shape index (κ1) is 15.6. The van der Waals surface area contributed by atoms with E-state index < -0.39 is 0 Å². The van der Waals surface area contributed by atoms with Crippen LogP contribution in [0.1, 0.15) is 30.6 Å². The lowest BCUT2D eigenvalue weighted by Gasteiger charge is -2.34. The molecule has 1 amide bonds. The average molecular weight is 351 g/mol. The monoisotopic (exact) mass is 350 g/mol. The number of ether oxygens (including phenoxy) is 1. The number of carbonyl (C=O) groups is 1. The average Bonchev–Trinajstić information content (AvgIpc) is 3.26. The molecule has 3 atom stereocenters. The minimum absolute atomic E-state index is 0.0361. The SMILES string of the molecule is Cc1nc([C@H]2CC3CCN(C(=O)Cn4cc(Cl)cn4)C[C@H]3O2)n[nH]1. The third-order valence-electron chi connectivity index (χ3n) is 4.71. The van der Waals surface area contributed by atoms with E-state index in [2.05, 4.69) is 20.3 Å². The van der Waals surface area contributed by atoms with Crippen molar-refractivity contribution in [3.05, 3.63) is 29.1 Å². The predicted octanol–water partition coefficient (Wildman–Crippen LogP) is 1.34. The summed E-state index contributed by atoms with van der Waals surface area (Å²) in [6, 6.07) is 0. The molecule has 8 nitrogen and oxygen atoms in total. The molecule has 0 saturated carbocycles. The number of hydrogen-bond donors (Lipinski definition) is 1. The van der Waals surface area contributed by atoms with Crippen LogP contribution in [0.5, 0.6) is 0 Å². The van der Waals surface area contributed by atoms with E-state index in [9.17, 15) is 4.79 Å². The van der Waals surface area contributed by atoms with Gasteiger partial charge in [-0.15, -0.1) is 0 Å². The van der Waals surface area contributed by atoms with Crippen molar-refractivity contribution in [2.24, 2.45) is 5.92 Å². The van der Waals surface area contributed by atoms with E-state index in [1.807, 2.05) is 11.8 Å². The lowest BCUT2D eigenvalue weighted by molar-refractivity contribution is -0.136. The summed E-state index contributed by atoms with van der Waals surface area (Å²) in [4.78, 5) is 18.7. The third kappa shape index (κ3) is 3.03. The van der Waals surface area contributed by atoms with Crippen molar-refractivity contribution >= 4 is 17.5 Å². The Hall–Kier alpha value is -1.93. The molecule has 2 aromatic rings. The van der Waals surface area contributed by atoms with Crippen LogP contribution in [0.25, 0.3) is 0 Å². The molecule has 0 bridgehead atoms. The van der Waals surface area contributed by atoms with E-state index in [1.165, 1.54) is 6.20 Å². The van der Waals surface area contributed by atoms with E-state index in [0.29, 0.717) is 23.3 Å². The van der Waals surface area contributed by atoms with Crippen LogP contribution in [0.4, 0.5) is 0 Å². The van der Waals surface area contributed by atoms with Gasteiger partial charge in [0.2, 0.25) is 5.91 Å². The number of aryl methyl sites for hydroxylation is 1. The molecule has 9 heteroatoms. The Balaban J connectivity index is 1.37. The minimum atomic E-state index is -0.0788. The molecule has 0 spiro atoms. The maximum atomic E-state index is 12.5. The van der Waals surface area contributed by atoms with Gasteiger partial charge in [-0.3, -0.25) is 14.6 Å². The maximum absolute atomic E-state index is 12.5. The molecule has 4 rings (SSSR count). The van der Waals surface area contributed by atoms with Crippen LogP contribution in [0, 0.1) is 12.8 Å². The van der Waals surface area contributed by atoms with Crippen LogP contribution in [-0.2, 0) is 16.1 Å². The molecule has 1 unspecified atom stereocenters. The number of likely N-dealkylation sites (tertiary alicyclic amines) is 1. The van der Waals surface area contributed by atoms with E-state index in [0.717, 1.165) is 25.2 Å². The Morgan fingerprint density at radius 2 is 2.42 bits per heavy atom. The standard InChI is InChI=1S/C15H19ClN6O2/c1-9-18-15(20-19-9)12-4-10-2-3-21(7-13(10)24-12)14(23)8-22-6-11(16)5-17-22/h5-6,10,12-13H,2-4,7-8H2,1H3,(H,18,19,20)/t10?,12-,13-/m1/s1. The van der Waals surface area contributed by atoms with Gasteiger partial charge in [0.1, 0.15) is 18.5 Å². The maximum Gasteiger partial charge on any atom is 0.244 e. The van der Waals surface area contributed by atoms with E-state index in [4.69, 9.17) is 16.3 Å². The largest absolute Gasteiger partial charge is 0.365 e. The van der Waals surface area contributed by atoms with Crippen LogP contribution in [-0.4, -0.2) is 55.0 Å². The molecule has 4 heterocycles. The predicted molar refractivity (Wildman–Crippen MR) is 85.3 cm³/mol. The molecule has 2 fully saturated rings. The van der Waals surface area contributed by atoms with Crippen molar-refractivity contribution in [3.8, 4) is 0 Å². The Bertz CT molecular complexity index is 744. The molecule has 2 aliphatic heterocycles. The summed E-state index contributed by atoms with van der Waals surface area (Å²) in [5.74, 6) is 2.00. The molecule has 0 radical (unpaired) electrons. The molecule has 0 aromatic carbocycles. The van der Waals surface area contributed by atoms with Crippen molar-refractivity contribution in [1.29, 1.82) is 0 Å². The minimum Gasteiger partial charge on any atom is -0.365 e. The summed E-state index contributed by atoms with van der Waals surface area (Å²) in [6.07, 6.45) is 5.01. The molecule has 2 aromatic heterocycles. The van der Waals surface area contributed by atoms with Crippen molar-refractivity contribution in [3.63, 3.8) is 0 Å². The van der Waals surface area contributed by atoms with Crippen LogP contribution in [0.3, 0.4) is 0 Å². The first-order chi connectivity index (χ1) is 11.6. The van der Waals surface area contributed by atoms with Gasteiger partial charge in [-0.25, -0.2) is 4.98 Å². The highest BCUT2D eigenvalue weighted by Gasteiger charge is 2.41. The van der Waals surface area contributed by atoms with E-state index >= 15 is 0 Å². The van der Waals surface area contributed by atoms with Crippen molar-refractivity contribution < 1.29 is 9.53 Å². The summed E-state index contributed by atoms with van der Waals surface area (Å²) < 4.78 is 7.68. The smallest absolute Gasteiger partial charge is 0.244 e. The number of nitrogens with one attached hydrogen (secondary N) is 1. The van der Waals surface area contributed by atoms with Gasteiger partial charge in [-0.1, -0.05) is 11.6 Å². The summed E-state index contributed by atoms with van der Waals surface area (Å²) in [6.45, 7) is 3.44. The highest BCUT2D eigenvalue weighted by Crippen LogP contribution is 2.39. The highest BCUT2D eigenvalue weighted by atomic mass is 35.5. The third-order valence-corrected chi connectivity index (χ3v) is 4.90. The topological polar surface area (TPSA) is 88.9 Å². The molecular formula is C15H19ClN6O2. The van der Waals surface area contributed by atoms with Crippen molar-refractivity contribution in [2.45, 2.75) is 38.5 Å². The van der Waals surface area contributed by atoms with E-state index in [1.54, 1.807) is 10.9 Å². The second-order valence-electron chi connectivity index (χ2n) is 6.42. The number of carbonyl (C=O) groups excluding carboxylic acids is 1. The fourth-order valence-electron chi connectivity index (χ4n) is 3.49. The fourth-order valence-corrected chi connectivity index (χ4v) is 3.65. The molecular weight excluding hydrogens is 332 g/mol. The number of fused-ring (bicyclic) bond motifs is 1. The summed E-state index contributed by atoms with van der Waals surface area (Å²) in [7, 11) is 0. The zero-order chi connectivity index (χ0) is 16.7. The van der Waals surface area contributed by atoms with Crippen LogP contribution < -0.4 is 0 Å². The summed E-state index contributed by atoms with van der Waals surface area (Å²) in [5.41, 5.74) is 0. The number of rotatable bonds is 3. The molecule has 128 valence electrons. The lowest BCUT2D eigenvalue weighted by Crippen LogP contribution is -2.46. The second kappa shape index (κ2) is 6.18. The normalized spacial score (nSPS) is 26.6. The molecule has 24 heavy (non-hydrogen) atoms. The second-order valence-corrected chi connectivity index (χ2v) is 6.86. The summed E-state index contributed by atoms with van der Waals surface area (Å²) >= 11 is 5.84. The lowest BCUT2D eigenvalue weighted by atomic mass is 9.91. The Kier molecular flexibility index (Phi) is 4.01. The zero-order valence-electron chi connectivity index (χ0n) is 13.4. The molecule has 1 N–H and O–H groups in total. The van der Waals surface area contributed by atoms with Crippen molar-refractivity contribution in [2.75, 3.05) is 13.1 Å². The van der Waals surface area contributed by atoms with Gasteiger partial charge in [0, 0.05) is 19.3 Å². The number of H-pyrrole nitrogens is 1. The van der Waals surface area contributed by atoms with Gasteiger partial charge in [-0.2, -0.15) is 10.2 Å². The number of hydrogen-bond acceptors (Lipinski definition) is 5. The van der Waals surface area contributed by atoms with Gasteiger partial charge < -0.3 is 9.64 Å². The van der Waals surface area contributed by atoms with Gasteiger partial charge in [-0.05, 0) is 25.7 Å². The number of nitrogens with zero attached hydrogens (tertiary/aromatic N) is 5. The number of halogens is 1. The molecule has 2 aliphatic rings. The van der Waals surface area contributed by atoms with Gasteiger partial charge in [0.05, 0.1) is 17.3 Å². The number of aromatic nitrogens is 5. The van der Waals surface area contributed by atoms with Gasteiger partial charge >= 0.3 is 0 Å². The van der Waals surface area contributed by atoms with Crippen molar-refractivity contribution in [1.82, 2.24) is 29.9 Å². The van der Waals surface area contributed by atoms with Crippen LogP contribution >= 0.6 is 11.6 Å². The van der Waals surface area contributed by atoms with Crippen LogP contribution in [0.2, 0.25) is 5.02 Å². The van der Waals surface area contributed by atoms with Gasteiger partial charge in [0.15, 0.2) is 5.82 Å². The number of aromatic amines is 1. The first-order valence-corrected chi connectivity index (χ1v) is 8.46. The zero-order valence-corrected chi connectivity index (χ0v) is 14.1. The van der Waals surface area contributed by atoms with Gasteiger partial charge in [0.25, 0.3) is 0 Å².